The zero-order valence-corrected chi connectivity index (χ0v) is 12.0. The van der Waals surface area contributed by atoms with Crippen molar-refractivity contribution in [3.05, 3.63) is 22.7 Å². The molecular weight excluding hydrogens is 294 g/mol. The SMILES string of the molecule is Nc1ccn([C@@H]2CC(CO)(CO)[C@@H](O)[C@]2(O)CCO)c(=O)n1. The van der Waals surface area contributed by atoms with Crippen molar-refractivity contribution in [2.24, 2.45) is 5.41 Å². The van der Waals surface area contributed by atoms with Gasteiger partial charge >= 0.3 is 5.69 Å². The molecule has 1 aliphatic carbocycles. The van der Waals surface area contributed by atoms with Crippen molar-refractivity contribution < 1.29 is 25.5 Å². The number of nitrogens with two attached hydrogens (primary N) is 1. The number of hydrogen-bond donors (Lipinski definition) is 6. The molecule has 1 saturated carbocycles. The number of nitrogen functional groups attached to an aromatic ring is 1. The predicted molar refractivity (Wildman–Crippen MR) is 75.8 cm³/mol. The molecule has 9 heteroatoms. The van der Waals surface area contributed by atoms with E-state index in [-0.39, 0.29) is 18.7 Å². The number of nitrogens with zero attached hydrogens (tertiary/aromatic N) is 2. The second-order valence-corrected chi connectivity index (χ2v) is 5.81. The average molecular weight is 315 g/mol. The van der Waals surface area contributed by atoms with Gasteiger partial charge in [-0.25, -0.2) is 4.79 Å². The van der Waals surface area contributed by atoms with Gasteiger partial charge in [0.25, 0.3) is 0 Å². The molecule has 22 heavy (non-hydrogen) atoms. The normalized spacial score (nSPS) is 30.6. The van der Waals surface area contributed by atoms with Gasteiger partial charge in [-0.1, -0.05) is 0 Å². The summed E-state index contributed by atoms with van der Waals surface area (Å²) in [6, 6.07) is 0.403. The van der Waals surface area contributed by atoms with Crippen LogP contribution < -0.4 is 11.4 Å². The van der Waals surface area contributed by atoms with Gasteiger partial charge in [0.05, 0.1) is 25.4 Å². The highest BCUT2D eigenvalue weighted by Crippen LogP contribution is 2.51. The van der Waals surface area contributed by atoms with E-state index >= 15 is 0 Å². The van der Waals surface area contributed by atoms with Crippen molar-refractivity contribution in [2.75, 3.05) is 25.6 Å². The van der Waals surface area contributed by atoms with Gasteiger partial charge in [0, 0.05) is 24.6 Å². The lowest BCUT2D eigenvalue weighted by Gasteiger charge is -2.36. The fraction of sp³-hybridized carbons (Fsp3) is 0.692. The molecule has 1 aromatic rings. The molecule has 7 N–H and O–H groups in total. The molecule has 3 atom stereocenters. The number of aromatic nitrogens is 2. The maximum absolute atomic E-state index is 12.0. The van der Waals surface area contributed by atoms with Gasteiger partial charge in [-0.2, -0.15) is 4.98 Å². The van der Waals surface area contributed by atoms with Crippen LogP contribution in [0.15, 0.2) is 17.1 Å². The first kappa shape index (κ1) is 16.8. The van der Waals surface area contributed by atoms with Crippen LogP contribution in [0.4, 0.5) is 5.82 Å². The minimum atomic E-state index is -1.89. The van der Waals surface area contributed by atoms with Crippen LogP contribution in [-0.2, 0) is 0 Å². The number of aliphatic hydroxyl groups excluding tert-OH is 4. The molecule has 1 heterocycles. The summed E-state index contributed by atoms with van der Waals surface area (Å²) in [6.07, 6.45) is -0.466. The molecule has 0 spiro atoms. The largest absolute Gasteiger partial charge is 0.396 e. The molecule has 0 amide bonds. The van der Waals surface area contributed by atoms with Crippen LogP contribution in [0, 0.1) is 5.41 Å². The summed E-state index contributed by atoms with van der Waals surface area (Å²) in [4.78, 5) is 15.6. The van der Waals surface area contributed by atoms with Gasteiger partial charge in [0.1, 0.15) is 11.4 Å². The van der Waals surface area contributed by atoms with E-state index in [1.807, 2.05) is 0 Å². The molecule has 0 bridgehead atoms. The van der Waals surface area contributed by atoms with Crippen LogP contribution in [0.3, 0.4) is 0 Å². The van der Waals surface area contributed by atoms with Crippen LogP contribution in [-0.4, -0.2) is 66.6 Å². The van der Waals surface area contributed by atoms with Gasteiger partial charge in [0.15, 0.2) is 0 Å². The third-order valence-corrected chi connectivity index (χ3v) is 4.56. The third-order valence-electron chi connectivity index (χ3n) is 4.56. The Morgan fingerprint density at radius 1 is 1.36 bits per heavy atom. The zero-order chi connectivity index (χ0) is 16.5. The Hall–Kier alpha value is -1.52. The van der Waals surface area contributed by atoms with E-state index in [4.69, 9.17) is 5.73 Å². The van der Waals surface area contributed by atoms with Crippen LogP contribution in [0.25, 0.3) is 0 Å². The highest BCUT2D eigenvalue weighted by molar-refractivity contribution is 5.24. The summed E-state index contributed by atoms with van der Waals surface area (Å²) >= 11 is 0. The second-order valence-electron chi connectivity index (χ2n) is 5.81. The molecule has 1 fully saturated rings. The Morgan fingerprint density at radius 2 is 2.00 bits per heavy atom. The Labute approximate surface area is 126 Å². The van der Waals surface area contributed by atoms with Crippen molar-refractivity contribution in [1.29, 1.82) is 0 Å². The maximum Gasteiger partial charge on any atom is 0.349 e. The third kappa shape index (κ3) is 2.40. The van der Waals surface area contributed by atoms with Crippen LogP contribution in [0.5, 0.6) is 0 Å². The summed E-state index contributed by atoms with van der Waals surface area (Å²) in [6.45, 7) is -1.59. The van der Waals surface area contributed by atoms with E-state index in [0.29, 0.717) is 0 Å². The molecule has 2 rings (SSSR count). The van der Waals surface area contributed by atoms with E-state index in [1.165, 1.54) is 12.3 Å². The molecule has 0 unspecified atom stereocenters. The highest BCUT2D eigenvalue weighted by atomic mass is 16.4. The number of rotatable bonds is 5. The molecule has 0 aliphatic heterocycles. The molecule has 1 aromatic heterocycles. The minimum absolute atomic E-state index is 0.0149. The summed E-state index contributed by atoms with van der Waals surface area (Å²) < 4.78 is 1.10. The summed E-state index contributed by atoms with van der Waals surface area (Å²) in [5.74, 6) is 0.0149. The van der Waals surface area contributed by atoms with E-state index in [0.717, 1.165) is 4.57 Å². The maximum atomic E-state index is 12.0. The quantitative estimate of drug-likeness (QED) is 0.340. The lowest BCUT2D eigenvalue weighted by atomic mass is 9.82. The molecule has 0 saturated heterocycles. The zero-order valence-electron chi connectivity index (χ0n) is 12.0. The summed E-state index contributed by atoms with van der Waals surface area (Å²) in [5, 5.41) is 49.5. The standard InChI is InChI=1S/C13H21N3O6/c14-9-1-3-16(11(21)15-9)8-5-12(6-18,7-19)10(20)13(8,22)2-4-17/h1,3,8,10,17-20,22H,2,4-7H2,(H2,14,15,21)/t8-,10-,13+/m1/s1. The molecule has 1 aliphatic rings. The van der Waals surface area contributed by atoms with Crippen LogP contribution >= 0.6 is 0 Å². The van der Waals surface area contributed by atoms with Gasteiger partial charge < -0.3 is 31.3 Å². The first-order valence-electron chi connectivity index (χ1n) is 6.92. The minimum Gasteiger partial charge on any atom is -0.396 e. The molecule has 9 nitrogen and oxygen atoms in total. The first-order chi connectivity index (χ1) is 10.3. The second kappa shape index (κ2) is 5.94. The van der Waals surface area contributed by atoms with Gasteiger partial charge in [-0.15, -0.1) is 0 Å². The van der Waals surface area contributed by atoms with E-state index in [2.05, 4.69) is 4.98 Å². The fourth-order valence-corrected chi connectivity index (χ4v) is 3.22. The van der Waals surface area contributed by atoms with Gasteiger partial charge in [-0.3, -0.25) is 4.57 Å². The van der Waals surface area contributed by atoms with Gasteiger partial charge in [-0.05, 0) is 12.5 Å². The summed E-state index contributed by atoms with van der Waals surface area (Å²) in [7, 11) is 0. The van der Waals surface area contributed by atoms with E-state index < -0.39 is 48.7 Å². The van der Waals surface area contributed by atoms with Gasteiger partial charge in [0.2, 0.25) is 0 Å². The van der Waals surface area contributed by atoms with Crippen molar-refractivity contribution >= 4 is 5.82 Å². The first-order valence-corrected chi connectivity index (χ1v) is 6.92. The van der Waals surface area contributed by atoms with E-state index in [9.17, 15) is 30.3 Å². The van der Waals surface area contributed by atoms with Crippen LogP contribution in [0.2, 0.25) is 0 Å². The fourth-order valence-electron chi connectivity index (χ4n) is 3.22. The molecule has 124 valence electrons. The number of hydrogen-bond acceptors (Lipinski definition) is 8. The van der Waals surface area contributed by atoms with Crippen molar-refractivity contribution in [3.8, 4) is 0 Å². The monoisotopic (exact) mass is 315 g/mol. The predicted octanol–water partition coefficient (Wildman–Crippen LogP) is -2.78. The van der Waals surface area contributed by atoms with Crippen molar-refractivity contribution in [3.63, 3.8) is 0 Å². The topological polar surface area (TPSA) is 162 Å². The molecule has 0 radical (unpaired) electrons. The highest BCUT2D eigenvalue weighted by Gasteiger charge is 2.61. The summed E-state index contributed by atoms with van der Waals surface area (Å²) in [5.41, 5.74) is 1.44. The number of anilines is 1. The van der Waals surface area contributed by atoms with Crippen LogP contribution in [0.1, 0.15) is 18.9 Å². The Balaban J connectivity index is 2.54. The molecular formula is C13H21N3O6. The smallest absolute Gasteiger partial charge is 0.349 e. The lowest BCUT2D eigenvalue weighted by molar-refractivity contribution is -0.133. The Bertz CT molecular complexity index is 587. The number of aliphatic hydroxyl groups is 5. The lowest BCUT2D eigenvalue weighted by Crippen LogP contribution is -2.52. The Kier molecular flexibility index (Phi) is 4.54. The average Bonchev–Trinajstić information content (AvgIpc) is 2.70. The van der Waals surface area contributed by atoms with Crippen molar-refractivity contribution in [2.45, 2.75) is 30.6 Å². The Morgan fingerprint density at radius 3 is 2.50 bits per heavy atom. The van der Waals surface area contributed by atoms with E-state index in [1.54, 1.807) is 0 Å². The molecule has 0 aromatic carbocycles. The van der Waals surface area contributed by atoms with Crippen molar-refractivity contribution in [1.82, 2.24) is 9.55 Å².